The van der Waals surface area contributed by atoms with E-state index in [2.05, 4.69) is 11.7 Å². The molecule has 174 valence electrons. The Hall–Kier alpha value is -2.18. The van der Waals surface area contributed by atoms with Gasteiger partial charge in [0.1, 0.15) is 5.82 Å². The van der Waals surface area contributed by atoms with E-state index in [1.165, 1.54) is 37.8 Å². The minimum atomic E-state index is -5.23. The molecular formula is C25H26F6O. The monoisotopic (exact) mass is 456 g/mol. The first-order valence-corrected chi connectivity index (χ1v) is 11.2. The summed E-state index contributed by atoms with van der Waals surface area (Å²) in [7, 11) is 0. The Morgan fingerprint density at radius 2 is 1.50 bits per heavy atom. The quantitative estimate of drug-likeness (QED) is 0.420. The van der Waals surface area contributed by atoms with Gasteiger partial charge < -0.3 is 4.74 Å². The zero-order valence-corrected chi connectivity index (χ0v) is 17.8. The first-order chi connectivity index (χ1) is 15.1. The SMILES string of the molecule is CCC1CCC2CC(c3ccc(-c4cc(F)c(OC(F)(F)F)c(F)c4)c(F)c3)CCC2C1. The van der Waals surface area contributed by atoms with Crippen molar-refractivity contribution >= 4 is 0 Å². The van der Waals surface area contributed by atoms with E-state index >= 15 is 0 Å². The highest BCUT2D eigenvalue weighted by molar-refractivity contribution is 5.66. The van der Waals surface area contributed by atoms with Crippen LogP contribution in [0.2, 0.25) is 0 Å². The van der Waals surface area contributed by atoms with Gasteiger partial charge in [-0.15, -0.1) is 13.2 Å². The molecule has 2 aliphatic rings. The van der Waals surface area contributed by atoms with Crippen LogP contribution in [-0.4, -0.2) is 6.36 Å². The van der Waals surface area contributed by atoms with Crippen molar-refractivity contribution in [3.63, 3.8) is 0 Å². The van der Waals surface area contributed by atoms with E-state index < -0.39 is 29.6 Å². The molecule has 2 aliphatic carbocycles. The van der Waals surface area contributed by atoms with E-state index in [9.17, 15) is 26.3 Å². The Morgan fingerprint density at radius 1 is 0.844 bits per heavy atom. The number of alkyl halides is 3. The number of fused-ring (bicyclic) bond motifs is 1. The third kappa shape index (κ3) is 4.91. The molecule has 2 fully saturated rings. The summed E-state index contributed by atoms with van der Waals surface area (Å²) in [5.41, 5.74) is 0.614. The van der Waals surface area contributed by atoms with Crippen molar-refractivity contribution in [3.05, 3.63) is 53.3 Å². The Kier molecular flexibility index (Phi) is 6.46. The maximum absolute atomic E-state index is 14.9. The summed E-state index contributed by atoms with van der Waals surface area (Å²) in [4.78, 5) is 0. The Balaban J connectivity index is 1.52. The van der Waals surface area contributed by atoms with Crippen LogP contribution < -0.4 is 4.74 Å². The van der Waals surface area contributed by atoms with Crippen molar-refractivity contribution in [2.45, 2.75) is 64.1 Å². The summed E-state index contributed by atoms with van der Waals surface area (Å²) in [6.07, 6.45) is 2.89. The molecule has 2 saturated carbocycles. The average Bonchev–Trinajstić information content (AvgIpc) is 2.74. The highest BCUT2D eigenvalue weighted by atomic mass is 19.4. The van der Waals surface area contributed by atoms with E-state index in [4.69, 9.17) is 0 Å². The molecule has 0 saturated heterocycles. The highest BCUT2D eigenvalue weighted by Gasteiger charge is 2.36. The third-order valence-corrected chi connectivity index (χ3v) is 7.29. The van der Waals surface area contributed by atoms with Gasteiger partial charge in [0.25, 0.3) is 0 Å². The van der Waals surface area contributed by atoms with Gasteiger partial charge in [0.05, 0.1) is 0 Å². The summed E-state index contributed by atoms with van der Waals surface area (Å²) in [6.45, 7) is 2.25. The topological polar surface area (TPSA) is 9.23 Å². The van der Waals surface area contributed by atoms with Crippen LogP contribution >= 0.6 is 0 Å². The lowest BCUT2D eigenvalue weighted by molar-refractivity contribution is -0.276. The summed E-state index contributed by atoms with van der Waals surface area (Å²) < 4.78 is 83.4. The lowest BCUT2D eigenvalue weighted by atomic mass is 9.63. The van der Waals surface area contributed by atoms with E-state index in [0.29, 0.717) is 18.1 Å². The smallest absolute Gasteiger partial charge is 0.399 e. The fourth-order valence-electron chi connectivity index (χ4n) is 5.61. The van der Waals surface area contributed by atoms with Crippen molar-refractivity contribution in [2.24, 2.45) is 17.8 Å². The van der Waals surface area contributed by atoms with Crippen molar-refractivity contribution in [2.75, 3.05) is 0 Å². The maximum Gasteiger partial charge on any atom is 0.573 e. The van der Waals surface area contributed by atoms with Crippen LogP contribution in [0.4, 0.5) is 26.3 Å². The van der Waals surface area contributed by atoms with Gasteiger partial charge in [-0.05, 0) is 85.1 Å². The number of ether oxygens (including phenoxy) is 1. The summed E-state index contributed by atoms with van der Waals surface area (Å²) in [6, 6.07) is 5.91. The van der Waals surface area contributed by atoms with Crippen LogP contribution in [-0.2, 0) is 0 Å². The van der Waals surface area contributed by atoms with Gasteiger partial charge >= 0.3 is 6.36 Å². The van der Waals surface area contributed by atoms with Gasteiger partial charge in [0, 0.05) is 5.56 Å². The third-order valence-electron chi connectivity index (χ3n) is 7.29. The zero-order chi connectivity index (χ0) is 23.0. The molecule has 0 amide bonds. The molecule has 0 radical (unpaired) electrons. The average molecular weight is 456 g/mol. The molecule has 0 heterocycles. The second-order valence-corrected chi connectivity index (χ2v) is 9.17. The maximum atomic E-state index is 14.9. The highest BCUT2D eigenvalue weighted by Crippen LogP contribution is 2.48. The summed E-state index contributed by atoms with van der Waals surface area (Å²) >= 11 is 0. The van der Waals surface area contributed by atoms with E-state index in [-0.39, 0.29) is 17.0 Å². The molecule has 4 rings (SSSR count). The molecule has 2 aromatic carbocycles. The molecule has 4 unspecified atom stereocenters. The number of hydrogen-bond donors (Lipinski definition) is 0. The predicted octanol–water partition coefficient (Wildman–Crippen LogP) is 8.38. The minimum Gasteiger partial charge on any atom is -0.399 e. The van der Waals surface area contributed by atoms with E-state index in [1.807, 2.05) is 0 Å². The van der Waals surface area contributed by atoms with E-state index in [1.54, 1.807) is 6.07 Å². The summed E-state index contributed by atoms with van der Waals surface area (Å²) in [5, 5.41) is 0. The van der Waals surface area contributed by atoms with Gasteiger partial charge in [-0.1, -0.05) is 31.9 Å². The molecule has 0 bridgehead atoms. The number of benzene rings is 2. The van der Waals surface area contributed by atoms with Crippen LogP contribution in [0.1, 0.15) is 63.4 Å². The van der Waals surface area contributed by atoms with Crippen LogP contribution in [0.25, 0.3) is 11.1 Å². The van der Waals surface area contributed by atoms with Gasteiger partial charge in [0.15, 0.2) is 11.6 Å². The lowest BCUT2D eigenvalue weighted by Gasteiger charge is -2.42. The number of hydrogen-bond acceptors (Lipinski definition) is 1. The Labute approximate surface area is 183 Å². The Morgan fingerprint density at radius 3 is 2.12 bits per heavy atom. The predicted molar refractivity (Wildman–Crippen MR) is 110 cm³/mol. The molecule has 0 N–H and O–H groups in total. The van der Waals surface area contributed by atoms with Crippen molar-refractivity contribution in [3.8, 4) is 16.9 Å². The van der Waals surface area contributed by atoms with Gasteiger partial charge in [0.2, 0.25) is 5.75 Å². The minimum absolute atomic E-state index is 0.0674. The van der Waals surface area contributed by atoms with Crippen molar-refractivity contribution in [1.82, 2.24) is 0 Å². The van der Waals surface area contributed by atoms with Crippen LogP contribution in [0.15, 0.2) is 30.3 Å². The largest absolute Gasteiger partial charge is 0.573 e. The van der Waals surface area contributed by atoms with E-state index in [0.717, 1.165) is 36.7 Å². The second-order valence-electron chi connectivity index (χ2n) is 9.17. The van der Waals surface area contributed by atoms with Crippen LogP contribution in [0.5, 0.6) is 5.75 Å². The number of rotatable bonds is 4. The van der Waals surface area contributed by atoms with Gasteiger partial charge in [-0.25, -0.2) is 13.2 Å². The van der Waals surface area contributed by atoms with Crippen LogP contribution in [0, 0.1) is 35.2 Å². The molecule has 0 spiro atoms. The fourth-order valence-corrected chi connectivity index (χ4v) is 5.61. The number of halogens is 6. The zero-order valence-electron chi connectivity index (χ0n) is 17.8. The van der Waals surface area contributed by atoms with Crippen molar-refractivity contribution in [1.29, 1.82) is 0 Å². The Bertz CT molecular complexity index is 946. The summed E-state index contributed by atoms with van der Waals surface area (Å²) in [5.74, 6) is -2.81. The molecule has 2 aromatic rings. The lowest BCUT2D eigenvalue weighted by Crippen LogP contribution is -2.30. The second kappa shape index (κ2) is 8.99. The van der Waals surface area contributed by atoms with Gasteiger partial charge in [-0.3, -0.25) is 0 Å². The molecule has 0 aromatic heterocycles. The molecule has 4 atom stereocenters. The molecule has 0 aliphatic heterocycles. The van der Waals surface area contributed by atoms with Gasteiger partial charge in [-0.2, -0.15) is 0 Å². The first kappa shape index (κ1) is 23.0. The first-order valence-electron chi connectivity index (χ1n) is 11.2. The standard InChI is InChI=1S/C25H26F6O/c1-2-14-3-4-16-10-17(6-5-15(16)9-14)18-7-8-20(21(26)11-18)19-12-22(27)24(23(28)13-19)32-25(29,30)31/h7-8,11-17H,2-6,9-10H2,1H3. The van der Waals surface area contributed by atoms with Crippen LogP contribution in [0.3, 0.4) is 0 Å². The molecule has 7 heteroatoms. The molecular weight excluding hydrogens is 430 g/mol. The molecule has 1 nitrogen and oxygen atoms in total. The van der Waals surface area contributed by atoms with Crippen molar-refractivity contribution < 1.29 is 31.1 Å². The molecule has 32 heavy (non-hydrogen) atoms. The normalized spacial score (nSPS) is 26.0. The fraction of sp³-hybridized carbons (Fsp3) is 0.520.